The Morgan fingerprint density at radius 3 is 3.25 bits per heavy atom. The van der Waals surface area contributed by atoms with E-state index in [0.717, 1.165) is 40.7 Å². The number of hydrogen-bond acceptors (Lipinski definition) is 3. The molecule has 1 saturated heterocycles. The van der Waals surface area contributed by atoms with Gasteiger partial charge in [0.05, 0.1) is 23.6 Å². The first-order valence-corrected chi connectivity index (χ1v) is 7.56. The molecule has 5 nitrogen and oxygen atoms in total. The molecule has 1 aromatic carbocycles. The van der Waals surface area contributed by atoms with Crippen LogP contribution in [0, 0.1) is 0 Å². The van der Waals surface area contributed by atoms with Gasteiger partial charge >= 0.3 is 0 Å². The van der Waals surface area contributed by atoms with Crippen molar-refractivity contribution in [1.82, 2.24) is 20.2 Å². The van der Waals surface area contributed by atoms with Gasteiger partial charge in [0.15, 0.2) is 0 Å². The third-order valence-electron chi connectivity index (χ3n) is 3.76. The number of halogens is 1. The summed E-state index contributed by atoms with van der Waals surface area (Å²) < 4.78 is 1.03. The Labute approximate surface area is 125 Å². The van der Waals surface area contributed by atoms with Gasteiger partial charge in [-0.1, -0.05) is 15.9 Å². The fraction of sp³-hybridized carbons (Fsp3) is 0.429. The average molecular weight is 337 g/mol. The van der Waals surface area contributed by atoms with Crippen LogP contribution in [0.2, 0.25) is 0 Å². The van der Waals surface area contributed by atoms with Crippen LogP contribution in [0.3, 0.4) is 0 Å². The van der Waals surface area contributed by atoms with E-state index in [4.69, 9.17) is 0 Å². The largest absolute Gasteiger partial charge is 0.358 e. The third kappa shape index (κ3) is 2.58. The van der Waals surface area contributed by atoms with Crippen molar-refractivity contribution in [1.29, 1.82) is 0 Å². The Morgan fingerprint density at radius 1 is 1.60 bits per heavy atom. The monoisotopic (exact) mass is 336 g/mol. The number of nitrogens with zero attached hydrogens (tertiary/aromatic N) is 2. The predicted molar refractivity (Wildman–Crippen MR) is 81.3 cm³/mol. The zero-order valence-corrected chi connectivity index (χ0v) is 12.9. The van der Waals surface area contributed by atoms with Gasteiger partial charge in [-0.05, 0) is 37.6 Å². The Hall–Kier alpha value is -1.40. The van der Waals surface area contributed by atoms with E-state index in [9.17, 15) is 4.79 Å². The first-order valence-electron chi connectivity index (χ1n) is 6.77. The van der Waals surface area contributed by atoms with Crippen molar-refractivity contribution in [2.45, 2.75) is 25.4 Å². The predicted octanol–water partition coefficient (Wildman–Crippen LogP) is 2.04. The summed E-state index contributed by atoms with van der Waals surface area (Å²) in [5.41, 5.74) is 1.98. The normalized spacial score (nSPS) is 19.6. The zero-order chi connectivity index (χ0) is 14.1. The molecule has 2 heterocycles. The minimum absolute atomic E-state index is 0.0278. The van der Waals surface area contributed by atoms with Crippen LogP contribution >= 0.6 is 15.9 Å². The van der Waals surface area contributed by atoms with Gasteiger partial charge in [0.2, 0.25) is 5.91 Å². The van der Waals surface area contributed by atoms with Gasteiger partial charge in [0.25, 0.3) is 0 Å². The summed E-state index contributed by atoms with van der Waals surface area (Å²) in [6.45, 7) is 1.63. The lowest BCUT2D eigenvalue weighted by Gasteiger charge is -2.21. The van der Waals surface area contributed by atoms with Gasteiger partial charge < -0.3 is 10.3 Å². The lowest BCUT2D eigenvalue weighted by atomic mass is 10.2. The van der Waals surface area contributed by atoms with E-state index in [1.165, 1.54) is 0 Å². The van der Waals surface area contributed by atoms with Gasteiger partial charge in [-0.2, -0.15) is 0 Å². The molecule has 6 heteroatoms. The average Bonchev–Trinajstić information content (AvgIpc) is 3.04. The highest BCUT2D eigenvalue weighted by Gasteiger charge is 2.30. The highest BCUT2D eigenvalue weighted by Crippen LogP contribution is 2.22. The SMILES string of the molecule is CNC(=O)C1CCCN1Cc1nc2ccc(Br)cc2[nH]1. The number of likely N-dealkylation sites (N-methyl/N-ethyl adjacent to an activating group) is 1. The van der Waals surface area contributed by atoms with Crippen molar-refractivity contribution in [3.8, 4) is 0 Å². The summed E-state index contributed by atoms with van der Waals surface area (Å²) in [4.78, 5) is 21.9. The first-order chi connectivity index (χ1) is 9.67. The first kappa shape index (κ1) is 13.6. The molecule has 2 aromatic rings. The standard InChI is InChI=1S/C14H17BrN4O/c1-16-14(20)12-3-2-6-19(12)8-13-17-10-5-4-9(15)7-11(10)18-13/h4-5,7,12H,2-3,6,8H2,1H3,(H,16,20)(H,17,18). The number of imidazole rings is 1. The second-order valence-electron chi connectivity index (χ2n) is 5.09. The maximum absolute atomic E-state index is 11.8. The number of carbonyl (C=O) groups is 1. The smallest absolute Gasteiger partial charge is 0.237 e. The van der Waals surface area contributed by atoms with Gasteiger partial charge in [0, 0.05) is 11.5 Å². The van der Waals surface area contributed by atoms with Crippen LogP contribution in [0.5, 0.6) is 0 Å². The van der Waals surface area contributed by atoms with Crippen LogP contribution in [0.4, 0.5) is 0 Å². The number of rotatable bonds is 3. The number of amides is 1. The number of H-pyrrole nitrogens is 1. The third-order valence-corrected chi connectivity index (χ3v) is 4.25. The molecule has 0 bridgehead atoms. The number of fused-ring (bicyclic) bond motifs is 1. The lowest BCUT2D eigenvalue weighted by molar-refractivity contribution is -0.125. The maximum atomic E-state index is 11.8. The summed E-state index contributed by atoms with van der Waals surface area (Å²) in [6, 6.07) is 5.96. The molecule has 0 aliphatic carbocycles. The van der Waals surface area contributed by atoms with Crippen LogP contribution in [0.25, 0.3) is 11.0 Å². The molecule has 1 aliphatic rings. The molecule has 0 saturated carbocycles. The molecular weight excluding hydrogens is 320 g/mol. The van der Waals surface area contributed by atoms with Crippen LogP contribution in [0.1, 0.15) is 18.7 Å². The molecule has 1 aliphatic heterocycles. The van der Waals surface area contributed by atoms with E-state index in [-0.39, 0.29) is 11.9 Å². The number of likely N-dealkylation sites (tertiary alicyclic amines) is 1. The number of carbonyl (C=O) groups excluding carboxylic acids is 1. The van der Waals surface area contributed by atoms with Crippen LogP contribution in [0.15, 0.2) is 22.7 Å². The minimum Gasteiger partial charge on any atom is -0.358 e. The fourth-order valence-electron chi connectivity index (χ4n) is 2.78. The molecule has 2 N–H and O–H groups in total. The molecule has 0 radical (unpaired) electrons. The number of aromatic nitrogens is 2. The fourth-order valence-corrected chi connectivity index (χ4v) is 3.14. The minimum atomic E-state index is -0.0278. The van der Waals surface area contributed by atoms with Gasteiger partial charge in [0.1, 0.15) is 5.82 Å². The van der Waals surface area contributed by atoms with Crippen LogP contribution in [-0.4, -0.2) is 40.4 Å². The Kier molecular flexibility index (Phi) is 3.76. The molecular formula is C14H17BrN4O. The highest BCUT2D eigenvalue weighted by molar-refractivity contribution is 9.10. The molecule has 1 atom stereocenters. The summed E-state index contributed by atoms with van der Waals surface area (Å²) in [6.07, 6.45) is 1.98. The van der Waals surface area contributed by atoms with Gasteiger partial charge in [-0.25, -0.2) is 4.98 Å². The van der Waals surface area contributed by atoms with Crippen molar-refractivity contribution in [2.24, 2.45) is 0 Å². The number of hydrogen-bond donors (Lipinski definition) is 2. The molecule has 1 amide bonds. The van der Waals surface area contributed by atoms with Crippen LogP contribution < -0.4 is 5.32 Å². The molecule has 1 fully saturated rings. The van der Waals surface area contributed by atoms with E-state index < -0.39 is 0 Å². The van der Waals surface area contributed by atoms with E-state index in [1.54, 1.807) is 7.05 Å². The summed E-state index contributed by atoms with van der Waals surface area (Å²) in [5, 5.41) is 2.74. The summed E-state index contributed by atoms with van der Waals surface area (Å²) in [5.74, 6) is 1.01. The Balaban J connectivity index is 1.80. The Morgan fingerprint density at radius 2 is 2.45 bits per heavy atom. The molecule has 106 valence electrons. The van der Waals surface area contributed by atoms with E-state index in [0.29, 0.717) is 6.54 Å². The quantitative estimate of drug-likeness (QED) is 0.901. The van der Waals surface area contributed by atoms with Crippen molar-refractivity contribution >= 4 is 32.9 Å². The second-order valence-corrected chi connectivity index (χ2v) is 6.00. The molecule has 1 aromatic heterocycles. The number of benzene rings is 1. The zero-order valence-electron chi connectivity index (χ0n) is 11.3. The van der Waals surface area contributed by atoms with Gasteiger partial charge in [-0.15, -0.1) is 0 Å². The molecule has 3 rings (SSSR count). The maximum Gasteiger partial charge on any atom is 0.237 e. The second kappa shape index (κ2) is 5.54. The van der Waals surface area contributed by atoms with E-state index >= 15 is 0 Å². The van der Waals surface area contributed by atoms with Crippen molar-refractivity contribution in [3.63, 3.8) is 0 Å². The van der Waals surface area contributed by atoms with E-state index in [2.05, 4.69) is 36.1 Å². The highest BCUT2D eigenvalue weighted by atomic mass is 79.9. The Bertz CT molecular complexity index is 639. The van der Waals surface area contributed by atoms with E-state index in [1.807, 2.05) is 18.2 Å². The topological polar surface area (TPSA) is 61.0 Å². The molecule has 0 spiro atoms. The summed E-state index contributed by atoms with van der Waals surface area (Å²) >= 11 is 3.46. The van der Waals surface area contributed by atoms with Crippen molar-refractivity contribution in [2.75, 3.05) is 13.6 Å². The number of nitrogens with one attached hydrogen (secondary N) is 2. The van der Waals surface area contributed by atoms with Crippen molar-refractivity contribution in [3.05, 3.63) is 28.5 Å². The molecule has 20 heavy (non-hydrogen) atoms. The lowest BCUT2D eigenvalue weighted by Crippen LogP contribution is -2.41. The van der Waals surface area contributed by atoms with Gasteiger partial charge in [-0.3, -0.25) is 9.69 Å². The number of aromatic amines is 1. The van der Waals surface area contributed by atoms with Crippen molar-refractivity contribution < 1.29 is 4.79 Å². The molecule has 1 unspecified atom stereocenters. The summed E-state index contributed by atoms with van der Waals surface area (Å²) in [7, 11) is 1.69. The van der Waals surface area contributed by atoms with Crippen LogP contribution in [-0.2, 0) is 11.3 Å².